The van der Waals surface area contributed by atoms with E-state index >= 15 is 0 Å². The van der Waals surface area contributed by atoms with Gasteiger partial charge in [-0.05, 0) is 61.6 Å². The van der Waals surface area contributed by atoms with Crippen LogP contribution in [-0.4, -0.2) is 50.5 Å². The van der Waals surface area contributed by atoms with Gasteiger partial charge in [-0.1, -0.05) is 50.1 Å². The van der Waals surface area contributed by atoms with Gasteiger partial charge in [0, 0.05) is 31.1 Å². The van der Waals surface area contributed by atoms with Gasteiger partial charge in [-0.2, -0.15) is 0 Å². The highest BCUT2D eigenvalue weighted by atomic mass is 35.5. The molecule has 0 bridgehead atoms. The molecule has 10 heteroatoms. The number of unbranched alkanes of at least 4 members (excludes halogenated alkanes) is 1. The standard InChI is InChI=1S/C27H37ClFN3O4S/c1-5-7-17-30-27(34)24(6-2)31(19-21-13-15-22(29)16-14-21)26(33)12-9-18-32(37(4,35)36)25-11-8-10-23(28)20(25)3/h8,10-11,13-16,24H,5-7,9,12,17-19H2,1-4H3,(H,30,34)/t24-/m0/s1. The number of halogens is 2. The summed E-state index contributed by atoms with van der Waals surface area (Å²) < 4.78 is 39.8. The third-order valence-corrected chi connectivity index (χ3v) is 7.73. The van der Waals surface area contributed by atoms with Crippen molar-refractivity contribution in [2.75, 3.05) is 23.7 Å². The Morgan fingerprint density at radius 3 is 2.35 bits per heavy atom. The Hall–Kier alpha value is -2.65. The highest BCUT2D eigenvalue weighted by Gasteiger charge is 2.29. The molecular weight excluding hydrogens is 517 g/mol. The van der Waals surface area contributed by atoms with Crippen molar-refractivity contribution in [3.63, 3.8) is 0 Å². The number of carbonyl (C=O) groups excluding carboxylic acids is 2. The number of sulfonamides is 1. The summed E-state index contributed by atoms with van der Waals surface area (Å²) in [7, 11) is -3.63. The number of benzene rings is 2. The molecule has 0 aliphatic carbocycles. The molecule has 2 rings (SSSR count). The van der Waals surface area contributed by atoms with Crippen molar-refractivity contribution in [1.29, 1.82) is 0 Å². The number of carbonyl (C=O) groups is 2. The van der Waals surface area contributed by atoms with Crippen molar-refractivity contribution >= 4 is 39.1 Å². The number of rotatable bonds is 14. The third kappa shape index (κ3) is 9.00. The van der Waals surface area contributed by atoms with Gasteiger partial charge in [-0.15, -0.1) is 0 Å². The topological polar surface area (TPSA) is 86.8 Å². The van der Waals surface area contributed by atoms with Crippen molar-refractivity contribution in [3.8, 4) is 0 Å². The Morgan fingerprint density at radius 1 is 1.08 bits per heavy atom. The molecule has 0 spiro atoms. The number of hydrogen-bond donors (Lipinski definition) is 1. The summed E-state index contributed by atoms with van der Waals surface area (Å²) in [5, 5.41) is 3.35. The van der Waals surface area contributed by atoms with E-state index in [1.165, 1.54) is 21.3 Å². The van der Waals surface area contributed by atoms with Gasteiger partial charge in [0.25, 0.3) is 0 Å². The second kappa shape index (κ2) is 14.3. The molecule has 0 aromatic heterocycles. The molecular formula is C27H37ClFN3O4S. The van der Waals surface area contributed by atoms with Crippen LogP contribution in [0, 0.1) is 12.7 Å². The predicted molar refractivity (Wildman–Crippen MR) is 147 cm³/mol. The average Bonchev–Trinajstić information content (AvgIpc) is 2.84. The fourth-order valence-corrected chi connectivity index (χ4v) is 5.25. The SMILES string of the molecule is CCCCNC(=O)[C@H](CC)N(Cc1ccc(F)cc1)C(=O)CCCN(c1cccc(Cl)c1C)S(C)(=O)=O. The van der Waals surface area contributed by atoms with Crippen molar-refractivity contribution in [2.45, 2.75) is 65.5 Å². The summed E-state index contributed by atoms with van der Waals surface area (Å²) in [5.41, 5.74) is 1.79. The Bertz CT molecular complexity index is 1160. The summed E-state index contributed by atoms with van der Waals surface area (Å²) in [5.74, 6) is -0.903. The summed E-state index contributed by atoms with van der Waals surface area (Å²) in [6.45, 7) is 6.35. The third-order valence-electron chi connectivity index (χ3n) is 6.14. The van der Waals surface area contributed by atoms with E-state index in [-0.39, 0.29) is 43.6 Å². The molecule has 37 heavy (non-hydrogen) atoms. The molecule has 0 fully saturated rings. The zero-order valence-corrected chi connectivity index (χ0v) is 23.5. The van der Waals surface area contributed by atoms with Gasteiger partial charge in [-0.3, -0.25) is 13.9 Å². The normalized spacial score (nSPS) is 12.2. The molecule has 1 atom stereocenters. The van der Waals surface area contributed by atoms with Crippen LogP contribution in [0.3, 0.4) is 0 Å². The van der Waals surface area contributed by atoms with Crippen molar-refractivity contribution < 1.29 is 22.4 Å². The smallest absolute Gasteiger partial charge is 0.242 e. The molecule has 2 aromatic rings. The molecule has 204 valence electrons. The van der Waals surface area contributed by atoms with Crippen LogP contribution >= 0.6 is 11.6 Å². The molecule has 7 nitrogen and oxygen atoms in total. The van der Waals surface area contributed by atoms with E-state index in [4.69, 9.17) is 11.6 Å². The zero-order valence-electron chi connectivity index (χ0n) is 22.0. The van der Waals surface area contributed by atoms with E-state index in [2.05, 4.69) is 5.32 Å². The van der Waals surface area contributed by atoms with Gasteiger partial charge < -0.3 is 10.2 Å². The van der Waals surface area contributed by atoms with Crippen molar-refractivity contribution in [2.24, 2.45) is 0 Å². The molecule has 1 N–H and O–H groups in total. The second-order valence-electron chi connectivity index (χ2n) is 9.04. The van der Waals surface area contributed by atoms with Crippen LogP contribution in [0.2, 0.25) is 5.02 Å². The fourth-order valence-electron chi connectivity index (χ4n) is 4.06. The maximum absolute atomic E-state index is 13.4. The van der Waals surface area contributed by atoms with Crippen LogP contribution < -0.4 is 9.62 Å². The summed E-state index contributed by atoms with van der Waals surface area (Å²) in [6.07, 6.45) is 3.56. The molecule has 2 amide bonds. The lowest BCUT2D eigenvalue weighted by molar-refractivity contribution is -0.141. The highest BCUT2D eigenvalue weighted by Crippen LogP contribution is 2.28. The first kappa shape index (κ1) is 30.6. The average molecular weight is 554 g/mol. The number of anilines is 1. The first-order valence-corrected chi connectivity index (χ1v) is 14.8. The van der Waals surface area contributed by atoms with Crippen LogP contribution in [0.25, 0.3) is 0 Å². The zero-order chi connectivity index (χ0) is 27.6. The first-order valence-electron chi connectivity index (χ1n) is 12.5. The van der Waals surface area contributed by atoms with E-state index in [1.54, 1.807) is 37.3 Å². The van der Waals surface area contributed by atoms with E-state index in [0.717, 1.165) is 19.1 Å². The minimum Gasteiger partial charge on any atom is -0.354 e. The lowest BCUT2D eigenvalue weighted by Gasteiger charge is -2.31. The monoisotopic (exact) mass is 553 g/mol. The van der Waals surface area contributed by atoms with Gasteiger partial charge in [0.1, 0.15) is 11.9 Å². The molecule has 0 saturated heterocycles. The van der Waals surface area contributed by atoms with Crippen molar-refractivity contribution in [3.05, 3.63) is 64.4 Å². The minimum atomic E-state index is -3.63. The Kier molecular flexibility index (Phi) is 11.8. The molecule has 0 aliphatic rings. The number of amides is 2. The molecule has 0 aliphatic heterocycles. The Labute approximate surface area is 225 Å². The molecule has 0 heterocycles. The summed E-state index contributed by atoms with van der Waals surface area (Å²) >= 11 is 6.20. The molecule has 0 unspecified atom stereocenters. The van der Waals surface area contributed by atoms with Gasteiger partial charge in [0.05, 0.1) is 11.9 Å². The van der Waals surface area contributed by atoms with Gasteiger partial charge in [-0.25, -0.2) is 12.8 Å². The summed E-state index contributed by atoms with van der Waals surface area (Å²) in [4.78, 5) is 27.9. The summed E-state index contributed by atoms with van der Waals surface area (Å²) in [6, 6.07) is 10.2. The molecule has 0 saturated carbocycles. The van der Waals surface area contributed by atoms with Crippen LogP contribution in [0.5, 0.6) is 0 Å². The number of nitrogens with one attached hydrogen (secondary N) is 1. The Morgan fingerprint density at radius 2 is 1.76 bits per heavy atom. The number of hydrogen-bond acceptors (Lipinski definition) is 4. The van der Waals surface area contributed by atoms with E-state index < -0.39 is 16.1 Å². The van der Waals surface area contributed by atoms with Crippen molar-refractivity contribution in [1.82, 2.24) is 10.2 Å². The minimum absolute atomic E-state index is 0.0333. The van der Waals surface area contributed by atoms with Crippen LogP contribution in [0.4, 0.5) is 10.1 Å². The predicted octanol–water partition coefficient (Wildman–Crippen LogP) is 5.06. The van der Waals surface area contributed by atoms with E-state index in [1.807, 2.05) is 13.8 Å². The van der Waals surface area contributed by atoms with E-state index in [0.29, 0.717) is 34.8 Å². The quantitative estimate of drug-likeness (QED) is 0.331. The van der Waals surface area contributed by atoms with Crippen LogP contribution in [-0.2, 0) is 26.2 Å². The molecule has 0 radical (unpaired) electrons. The second-order valence-corrected chi connectivity index (χ2v) is 11.4. The lowest BCUT2D eigenvalue weighted by atomic mass is 10.1. The van der Waals surface area contributed by atoms with Gasteiger partial charge >= 0.3 is 0 Å². The highest BCUT2D eigenvalue weighted by molar-refractivity contribution is 7.92. The maximum Gasteiger partial charge on any atom is 0.242 e. The van der Waals surface area contributed by atoms with Crippen LogP contribution in [0.1, 0.15) is 57.1 Å². The van der Waals surface area contributed by atoms with E-state index in [9.17, 15) is 22.4 Å². The maximum atomic E-state index is 13.4. The largest absolute Gasteiger partial charge is 0.354 e. The number of nitrogens with zero attached hydrogens (tertiary/aromatic N) is 2. The lowest BCUT2D eigenvalue weighted by Crippen LogP contribution is -2.49. The Balaban J connectivity index is 2.22. The first-order chi connectivity index (χ1) is 17.5. The fraction of sp³-hybridized carbons (Fsp3) is 0.481. The van der Waals surface area contributed by atoms with Gasteiger partial charge in [0.2, 0.25) is 21.8 Å². The van der Waals surface area contributed by atoms with Crippen LogP contribution in [0.15, 0.2) is 42.5 Å². The van der Waals surface area contributed by atoms with Gasteiger partial charge in [0.15, 0.2) is 0 Å². The molecule has 2 aromatic carbocycles.